The lowest BCUT2D eigenvalue weighted by atomic mass is 10.1. The summed E-state index contributed by atoms with van der Waals surface area (Å²) >= 11 is 0. The van der Waals surface area contributed by atoms with Gasteiger partial charge in [0.1, 0.15) is 6.20 Å². The first-order chi connectivity index (χ1) is 9.60. The van der Waals surface area contributed by atoms with E-state index in [1.165, 1.54) is 25.5 Å². The van der Waals surface area contributed by atoms with Crippen LogP contribution in [0.5, 0.6) is 0 Å². The van der Waals surface area contributed by atoms with Gasteiger partial charge < -0.3 is 10.6 Å². The lowest BCUT2D eigenvalue weighted by Gasteiger charge is -2.12. The summed E-state index contributed by atoms with van der Waals surface area (Å²) < 4.78 is 0. The molecule has 0 aliphatic heterocycles. The standard InChI is InChI=1S/C13H21N5O2/c1-3-14-13-16-8-11(18(19)20)12(17-13)15-7-10-5-4-9(2)6-10/h8-10H,3-7H2,1-2H3,(H2,14,15,16,17). The molecule has 7 nitrogen and oxygen atoms in total. The van der Waals surface area contributed by atoms with E-state index in [1.54, 1.807) is 0 Å². The van der Waals surface area contributed by atoms with Gasteiger partial charge in [0.05, 0.1) is 4.92 Å². The average Bonchev–Trinajstić information content (AvgIpc) is 2.82. The number of hydrogen-bond donors (Lipinski definition) is 2. The SMILES string of the molecule is CCNc1ncc([N+](=O)[O-])c(NCC2CCC(C)C2)n1. The van der Waals surface area contributed by atoms with Gasteiger partial charge in [-0.25, -0.2) is 4.98 Å². The number of rotatable bonds is 6. The zero-order chi connectivity index (χ0) is 14.5. The molecule has 0 aromatic carbocycles. The lowest BCUT2D eigenvalue weighted by Crippen LogP contribution is -2.15. The van der Waals surface area contributed by atoms with Gasteiger partial charge >= 0.3 is 5.69 Å². The molecule has 0 bridgehead atoms. The molecule has 0 saturated heterocycles. The molecule has 1 aromatic rings. The second kappa shape index (κ2) is 6.49. The van der Waals surface area contributed by atoms with Crippen LogP contribution in [0.15, 0.2) is 6.20 Å². The quantitative estimate of drug-likeness (QED) is 0.614. The molecule has 0 spiro atoms. The van der Waals surface area contributed by atoms with E-state index in [4.69, 9.17) is 0 Å². The van der Waals surface area contributed by atoms with Crippen molar-refractivity contribution in [3.8, 4) is 0 Å². The highest BCUT2D eigenvalue weighted by Gasteiger charge is 2.23. The van der Waals surface area contributed by atoms with Crippen molar-refractivity contribution in [2.45, 2.75) is 33.1 Å². The molecular weight excluding hydrogens is 258 g/mol. The minimum absolute atomic E-state index is 0.0716. The predicted octanol–water partition coefficient (Wildman–Crippen LogP) is 2.66. The Balaban J connectivity index is 2.07. The van der Waals surface area contributed by atoms with E-state index >= 15 is 0 Å². The second-order valence-electron chi connectivity index (χ2n) is 5.38. The van der Waals surface area contributed by atoms with Crippen molar-refractivity contribution in [3.63, 3.8) is 0 Å². The maximum absolute atomic E-state index is 11.0. The molecule has 1 aliphatic rings. The maximum Gasteiger partial charge on any atom is 0.329 e. The third-order valence-electron chi connectivity index (χ3n) is 3.66. The Hall–Kier alpha value is -1.92. The van der Waals surface area contributed by atoms with Crippen molar-refractivity contribution in [1.82, 2.24) is 9.97 Å². The number of anilines is 2. The molecule has 1 aromatic heterocycles. The lowest BCUT2D eigenvalue weighted by molar-refractivity contribution is -0.384. The highest BCUT2D eigenvalue weighted by molar-refractivity contribution is 5.56. The summed E-state index contributed by atoms with van der Waals surface area (Å²) in [6, 6.07) is 0. The van der Waals surface area contributed by atoms with Gasteiger partial charge in [0.15, 0.2) is 0 Å². The Morgan fingerprint density at radius 1 is 1.45 bits per heavy atom. The molecule has 20 heavy (non-hydrogen) atoms. The van der Waals surface area contributed by atoms with Gasteiger partial charge in [-0.05, 0) is 31.6 Å². The van der Waals surface area contributed by atoms with E-state index in [9.17, 15) is 10.1 Å². The minimum Gasteiger partial charge on any atom is -0.364 e. The van der Waals surface area contributed by atoms with E-state index < -0.39 is 4.92 Å². The minimum atomic E-state index is -0.449. The Morgan fingerprint density at radius 2 is 2.25 bits per heavy atom. The zero-order valence-electron chi connectivity index (χ0n) is 11.9. The van der Waals surface area contributed by atoms with Gasteiger partial charge in [0, 0.05) is 13.1 Å². The van der Waals surface area contributed by atoms with Gasteiger partial charge in [-0.3, -0.25) is 10.1 Å². The molecule has 1 saturated carbocycles. The van der Waals surface area contributed by atoms with Gasteiger partial charge in [-0.15, -0.1) is 0 Å². The fraction of sp³-hybridized carbons (Fsp3) is 0.692. The van der Waals surface area contributed by atoms with Crippen molar-refractivity contribution in [2.24, 2.45) is 11.8 Å². The van der Waals surface area contributed by atoms with Crippen LogP contribution in [0, 0.1) is 22.0 Å². The Bertz CT molecular complexity index is 480. The van der Waals surface area contributed by atoms with Crippen molar-refractivity contribution < 1.29 is 4.92 Å². The van der Waals surface area contributed by atoms with Crippen LogP contribution in [0.1, 0.15) is 33.1 Å². The van der Waals surface area contributed by atoms with Gasteiger partial charge in [0.2, 0.25) is 11.8 Å². The molecule has 1 fully saturated rings. The topological polar surface area (TPSA) is 93.0 Å². The number of aromatic nitrogens is 2. The van der Waals surface area contributed by atoms with Gasteiger partial charge in [-0.1, -0.05) is 13.3 Å². The van der Waals surface area contributed by atoms with Crippen LogP contribution in [-0.4, -0.2) is 28.0 Å². The second-order valence-corrected chi connectivity index (χ2v) is 5.38. The molecule has 2 unspecified atom stereocenters. The molecule has 0 amide bonds. The van der Waals surface area contributed by atoms with Gasteiger partial charge in [0.25, 0.3) is 0 Å². The molecular formula is C13H21N5O2. The first kappa shape index (κ1) is 14.5. The number of nitrogens with zero attached hydrogens (tertiary/aromatic N) is 3. The summed E-state index contributed by atoms with van der Waals surface area (Å²) in [5.74, 6) is 2.04. The fourth-order valence-corrected chi connectivity index (χ4v) is 2.63. The Labute approximate surface area is 118 Å². The van der Waals surface area contributed by atoms with Crippen LogP contribution in [0.4, 0.5) is 17.5 Å². The predicted molar refractivity (Wildman–Crippen MR) is 77.8 cm³/mol. The number of nitro groups is 1. The van der Waals surface area contributed by atoms with Crippen molar-refractivity contribution in [3.05, 3.63) is 16.3 Å². The van der Waals surface area contributed by atoms with Crippen LogP contribution >= 0.6 is 0 Å². The highest BCUT2D eigenvalue weighted by Crippen LogP contribution is 2.31. The van der Waals surface area contributed by atoms with E-state index in [-0.39, 0.29) is 5.69 Å². The van der Waals surface area contributed by atoms with Crippen molar-refractivity contribution in [1.29, 1.82) is 0 Å². The summed E-state index contributed by atoms with van der Waals surface area (Å²) in [7, 11) is 0. The molecule has 2 atom stereocenters. The molecule has 2 N–H and O–H groups in total. The smallest absolute Gasteiger partial charge is 0.329 e. The molecule has 1 aliphatic carbocycles. The summed E-state index contributed by atoms with van der Waals surface area (Å²) in [4.78, 5) is 18.7. The zero-order valence-corrected chi connectivity index (χ0v) is 11.9. The van der Waals surface area contributed by atoms with Crippen LogP contribution < -0.4 is 10.6 Å². The molecule has 7 heteroatoms. The van der Waals surface area contributed by atoms with Gasteiger partial charge in [-0.2, -0.15) is 4.98 Å². The largest absolute Gasteiger partial charge is 0.364 e. The fourth-order valence-electron chi connectivity index (χ4n) is 2.63. The summed E-state index contributed by atoms with van der Waals surface area (Å²) in [6.07, 6.45) is 4.84. The van der Waals surface area contributed by atoms with E-state index in [1.807, 2.05) is 6.92 Å². The number of nitrogens with one attached hydrogen (secondary N) is 2. The molecule has 0 radical (unpaired) electrons. The summed E-state index contributed by atoms with van der Waals surface area (Å²) in [5, 5.41) is 17.1. The average molecular weight is 279 g/mol. The van der Waals surface area contributed by atoms with Crippen molar-refractivity contribution >= 4 is 17.5 Å². The molecule has 2 rings (SSSR count). The molecule has 1 heterocycles. The van der Waals surface area contributed by atoms with Crippen LogP contribution in [0.25, 0.3) is 0 Å². The summed E-state index contributed by atoms with van der Waals surface area (Å²) in [5.41, 5.74) is -0.0716. The Kier molecular flexibility index (Phi) is 4.70. The molecule has 110 valence electrons. The van der Waals surface area contributed by atoms with Crippen LogP contribution in [0.2, 0.25) is 0 Å². The summed E-state index contributed by atoms with van der Waals surface area (Å²) in [6.45, 7) is 5.58. The third-order valence-corrected chi connectivity index (χ3v) is 3.66. The first-order valence-electron chi connectivity index (χ1n) is 7.09. The van der Waals surface area contributed by atoms with Crippen molar-refractivity contribution in [2.75, 3.05) is 23.7 Å². The Morgan fingerprint density at radius 3 is 2.85 bits per heavy atom. The van der Waals surface area contributed by atoms with Crippen LogP contribution in [0.3, 0.4) is 0 Å². The van der Waals surface area contributed by atoms with Crippen LogP contribution in [-0.2, 0) is 0 Å². The van der Waals surface area contributed by atoms with E-state index in [2.05, 4.69) is 27.5 Å². The first-order valence-corrected chi connectivity index (χ1v) is 7.09. The van der Waals surface area contributed by atoms with E-state index in [0.717, 1.165) is 12.5 Å². The maximum atomic E-state index is 11.0. The number of hydrogen-bond acceptors (Lipinski definition) is 6. The van der Waals surface area contributed by atoms with E-state index in [0.29, 0.717) is 24.2 Å². The highest BCUT2D eigenvalue weighted by atomic mass is 16.6. The third kappa shape index (κ3) is 3.55. The monoisotopic (exact) mass is 279 g/mol. The normalized spacial score (nSPS) is 21.7.